The number of amides is 1. The Kier molecular flexibility index (Phi) is 5.21. The number of aliphatic hydroxyl groups is 1. The van der Waals surface area contributed by atoms with Gasteiger partial charge in [-0.3, -0.25) is 4.79 Å². The summed E-state index contributed by atoms with van der Waals surface area (Å²) in [5.41, 5.74) is 0.681. The molecule has 1 rings (SSSR count). The molecule has 88 valence electrons. The van der Waals surface area contributed by atoms with Crippen LogP contribution in [0.25, 0.3) is 0 Å². The Morgan fingerprint density at radius 1 is 1.44 bits per heavy atom. The molecule has 1 aromatic carbocycles. The van der Waals surface area contributed by atoms with Crippen LogP contribution in [0.5, 0.6) is 0 Å². The molecule has 0 aliphatic carbocycles. The molecule has 0 saturated carbocycles. The Bertz CT molecular complexity index is 366. The third-order valence-electron chi connectivity index (χ3n) is 2.19. The molecule has 0 radical (unpaired) electrons. The highest BCUT2D eigenvalue weighted by Gasteiger charge is 2.13. The van der Waals surface area contributed by atoms with Crippen molar-refractivity contribution in [1.29, 1.82) is 0 Å². The van der Waals surface area contributed by atoms with Crippen molar-refractivity contribution in [2.45, 2.75) is 32.4 Å². The molecule has 0 heterocycles. The standard InChI is InChI=1S/C12H16INO2/c1-8(7-9(2)15)14-12(16)10-5-3-4-6-11(10)13/h3-6,8-9,15H,7H2,1-2H3,(H,14,16). The first-order valence-electron chi connectivity index (χ1n) is 5.24. The number of hydrogen-bond acceptors (Lipinski definition) is 2. The van der Waals surface area contributed by atoms with Gasteiger partial charge in [0.15, 0.2) is 0 Å². The van der Waals surface area contributed by atoms with Gasteiger partial charge < -0.3 is 10.4 Å². The van der Waals surface area contributed by atoms with E-state index in [0.717, 1.165) is 3.57 Å². The van der Waals surface area contributed by atoms with Crippen LogP contribution in [0.2, 0.25) is 0 Å². The monoisotopic (exact) mass is 333 g/mol. The van der Waals surface area contributed by atoms with E-state index in [0.29, 0.717) is 12.0 Å². The molecule has 0 fully saturated rings. The zero-order valence-electron chi connectivity index (χ0n) is 9.40. The quantitative estimate of drug-likeness (QED) is 0.830. The number of halogens is 1. The summed E-state index contributed by atoms with van der Waals surface area (Å²) < 4.78 is 0.932. The van der Waals surface area contributed by atoms with Crippen LogP contribution in [0.15, 0.2) is 24.3 Å². The van der Waals surface area contributed by atoms with Crippen molar-refractivity contribution in [2.24, 2.45) is 0 Å². The van der Waals surface area contributed by atoms with Gasteiger partial charge in [0.2, 0.25) is 0 Å². The second kappa shape index (κ2) is 6.20. The average molecular weight is 333 g/mol. The average Bonchev–Trinajstić information content (AvgIpc) is 2.16. The van der Waals surface area contributed by atoms with Crippen molar-refractivity contribution in [2.75, 3.05) is 0 Å². The molecule has 4 heteroatoms. The largest absolute Gasteiger partial charge is 0.393 e. The van der Waals surface area contributed by atoms with Crippen LogP contribution in [0, 0.1) is 3.57 Å². The molecule has 1 amide bonds. The minimum atomic E-state index is -0.398. The highest BCUT2D eigenvalue weighted by Crippen LogP contribution is 2.11. The van der Waals surface area contributed by atoms with E-state index in [-0.39, 0.29) is 11.9 Å². The van der Waals surface area contributed by atoms with Gasteiger partial charge in [-0.1, -0.05) is 12.1 Å². The van der Waals surface area contributed by atoms with E-state index in [1.54, 1.807) is 13.0 Å². The number of nitrogens with one attached hydrogen (secondary N) is 1. The normalized spacial score (nSPS) is 14.2. The summed E-state index contributed by atoms with van der Waals surface area (Å²) >= 11 is 2.14. The summed E-state index contributed by atoms with van der Waals surface area (Å²) in [5.74, 6) is -0.0850. The molecule has 0 spiro atoms. The smallest absolute Gasteiger partial charge is 0.252 e. The van der Waals surface area contributed by atoms with E-state index in [4.69, 9.17) is 0 Å². The molecule has 0 saturated heterocycles. The number of carbonyl (C=O) groups excluding carboxylic acids is 1. The molecule has 1 aromatic rings. The minimum absolute atomic E-state index is 0.0245. The molecular formula is C12H16INO2. The van der Waals surface area contributed by atoms with E-state index in [1.807, 2.05) is 25.1 Å². The Labute approximate surface area is 109 Å². The summed E-state index contributed by atoms with van der Waals surface area (Å²) in [5, 5.41) is 12.1. The SMILES string of the molecule is CC(O)CC(C)NC(=O)c1ccccc1I. The Hall–Kier alpha value is -0.620. The molecular weight excluding hydrogens is 317 g/mol. The van der Waals surface area contributed by atoms with Crippen LogP contribution in [0.3, 0.4) is 0 Å². The highest BCUT2D eigenvalue weighted by atomic mass is 127. The summed E-state index contributed by atoms with van der Waals surface area (Å²) in [4.78, 5) is 11.9. The Morgan fingerprint density at radius 3 is 2.62 bits per heavy atom. The molecule has 2 N–H and O–H groups in total. The van der Waals surface area contributed by atoms with Crippen LogP contribution in [0.4, 0.5) is 0 Å². The molecule has 0 bridgehead atoms. The number of benzene rings is 1. The molecule has 0 aliphatic rings. The third kappa shape index (κ3) is 4.09. The van der Waals surface area contributed by atoms with Crippen LogP contribution in [-0.2, 0) is 0 Å². The minimum Gasteiger partial charge on any atom is -0.393 e. The molecule has 2 atom stereocenters. The molecule has 0 aromatic heterocycles. The van der Waals surface area contributed by atoms with Gasteiger partial charge in [0.1, 0.15) is 0 Å². The maximum Gasteiger partial charge on any atom is 0.252 e. The van der Waals surface area contributed by atoms with Crippen LogP contribution >= 0.6 is 22.6 Å². The zero-order chi connectivity index (χ0) is 12.1. The summed E-state index contributed by atoms with van der Waals surface area (Å²) in [7, 11) is 0. The first-order valence-corrected chi connectivity index (χ1v) is 6.32. The fraction of sp³-hybridized carbons (Fsp3) is 0.417. The number of carbonyl (C=O) groups is 1. The van der Waals surface area contributed by atoms with E-state index < -0.39 is 6.10 Å². The molecule has 2 unspecified atom stereocenters. The van der Waals surface area contributed by atoms with Gasteiger partial charge in [-0.25, -0.2) is 0 Å². The second-order valence-electron chi connectivity index (χ2n) is 3.94. The summed E-state index contributed by atoms with van der Waals surface area (Å²) in [6.45, 7) is 3.61. The highest BCUT2D eigenvalue weighted by molar-refractivity contribution is 14.1. The lowest BCUT2D eigenvalue weighted by atomic mass is 10.1. The molecule has 16 heavy (non-hydrogen) atoms. The van der Waals surface area contributed by atoms with Crippen molar-refractivity contribution >= 4 is 28.5 Å². The lowest BCUT2D eigenvalue weighted by Crippen LogP contribution is -2.35. The van der Waals surface area contributed by atoms with Crippen molar-refractivity contribution in [3.8, 4) is 0 Å². The number of hydrogen-bond donors (Lipinski definition) is 2. The third-order valence-corrected chi connectivity index (χ3v) is 3.13. The van der Waals surface area contributed by atoms with E-state index in [2.05, 4.69) is 27.9 Å². The van der Waals surface area contributed by atoms with Gasteiger partial charge in [0.05, 0.1) is 11.7 Å². The maximum atomic E-state index is 11.9. The van der Waals surface area contributed by atoms with Crippen molar-refractivity contribution in [3.05, 3.63) is 33.4 Å². The summed E-state index contributed by atoms with van der Waals surface area (Å²) in [6.07, 6.45) is 0.167. The molecule has 0 aliphatic heterocycles. The van der Waals surface area contributed by atoms with E-state index in [9.17, 15) is 9.90 Å². The van der Waals surface area contributed by atoms with Gasteiger partial charge in [0.25, 0.3) is 5.91 Å². The first kappa shape index (κ1) is 13.4. The topological polar surface area (TPSA) is 49.3 Å². The lowest BCUT2D eigenvalue weighted by Gasteiger charge is -2.15. The lowest BCUT2D eigenvalue weighted by molar-refractivity contribution is 0.0922. The number of rotatable bonds is 4. The predicted molar refractivity (Wildman–Crippen MR) is 72.4 cm³/mol. The zero-order valence-corrected chi connectivity index (χ0v) is 11.6. The maximum absolute atomic E-state index is 11.9. The second-order valence-corrected chi connectivity index (χ2v) is 5.10. The van der Waals surface area contributed by atoms with E-state index >= 15 is 0 Å². The Balaban J connectivity index is 2.63. The Morgan fingerprint density at radius 2 is 2.06 bits per heavy atom. The van der Waals surface area contributed by atoms with Crippen LogP contribution in [0.1, 0.15) is 30.6 Å². The fourth-order valence-corrected chi connectivity index (χ4v) is 2.15. The molecule has 3 nitrogen and oxygen atoms in total. The van der Waals surface area contributed by atoms with Crippen molar-refractivity contribution in [1.82, 2.24) is 5.32 Å². The van der Waals surface area contributed by atoms with Gasteiger partial charge in [-0.15, -0.1) is 0 Å². The van der Waals surface area contributed by atoms with Crippen LogP contribution < -0.4 is 5.32 Å². The van der Waals surface area contributed by atoms with Crippen molar-refractivity contribution < 1.29 is 9.90 Å². The van der Waals surface area contributed by atoms with Crippen molar-refractivity contribution in [3.63, 3.8) is 0 Å². The van der Waals surface area contributed by atoms with E-state index in [1.165, 1.54) is 0 Å². The van der Waals surface area contributed by atoms with Crippen LogP contribution in [-0.4, -0.2) is 23.2 Å². The number of aliphatic hydroxyl groups excluding tert-OH is 1. The predicted octanol–water partition coefficient (Wildman–Crippen LogP) is 2.18. The summed E-state index contributed by atoms with van der Waals surface area (Å²) in [6, 6.07) is 7.42. The van der Waals surface area contributed by atoms with Gasteiger partial charge in [-0.05, 0) is 55.0 Å². The van der Waals surface area contributed by atoms with Gasteiger partial charge in [0, 0.05) is 9.61 Å². The van der Waals surface area contributed by atoms with Gasteiger partial charge in [-0.2, -0.15) is 0 Å². The fourth-order valence-electron chi connectivity index (χ4n) is 1.52. The van der Waals surface area contributed by atoms with Gasteiger partial charge >= 0.3 is 0 Å². The first-order chi connectivity index (χ1) is 7.50.